The van der Waals surface area contributed by atoms with Crippen LogP contribution in [0, 0.1) is 52.7 Å². The number of para-hydroxylation sites is 2. The summed E-state index contributed by atoms with van der Waals surface area (Å²) >= 11 is 0. The number of hydrogen-bond donors (Lipinski definition) is 0. The van der Waals surface area contributed by atoms with Crippen LogP contribution in [0.3, 0.4) is 0 Å². The molecule has 1 radical (unpaired) electrons. The van der Waals surface area contributed by atoms with Crippen LogP contribution in [0.2, 0.25) is 19.6 Å². The molecule has 0 fully saturated rings. The van der Waals surface area contributed by atoms with E-state index in [1.54, 1.807) is 0 Å². The number of furan rings is 1. The fourth-order valence-corrected chi connectivity index (χ4v) is 11.0. The molecule has 0 unspecified atom stereocenters. The summed E-state index contributed by atoms with van der Waals surface area (Å²) in [6.07, 6.45) is 3.24. The van der Waals surface area contributed by atoms with Crippen LogP contribution in [0.4, 0.5) is 0 Å². The minimum atomic E-state index is -1.34. The topological polar surface area (TPSA) is 56.7 Å². The Hall–Kier alpha value is -6.24. The van der Waals surface area contributed by atoms with Crippen LogP contribution < -0.4 is 5.19 Å². The minimum absolute atomic E-state index is 0. The summed E-state index contributed by atoms with van der Waals surface area (Å²) < 4.78 is 8.97. The summed E-state index contributed by atoms with van der Waals surface area (Å²) in [6.45, 7) is 22.5. The van der Waals surface area contributed by atoms with E-state index >= 15 is 0 Å². The van der Waals surface area contributed by atoms with Crippen molar-refractivity contribution in [3.8, 4) is 50.7 Å². The third-order valence-electron chi connectivity index (χ3n) is 12.4. The fraction of sp³-hybridized carbons (Fsp3) is 0.203. The average molecular weight is 1060 g/mol. The first-order chi connectivity index (χ1) is 31.3. The van der Waals surface area contributed by atoms with E-state index < -0.39 is 8.07 Å². The molecule has 0 N–H and O–H groups in total. The average Bonchev–Trinajstić information content (AvgIpc) is 3.86. The van der Waals surface area contributed by atoms with E-state index in [0.29, 0.717) is 11.6 Å². The molecule has 10 aromatic rings. The predicted octanol–water partition coefficient (Wildman–Crippen LogP) is 15.0. The zero-order chi connectivity index (χ0) is 45.6. The molecule has 0 spiro atoms. The summed E-state index contributed by atoms with van der Waals surface area (Å²) in [6, 6.07) is 53.2. The van der Waals surface area contributed by atoms with Gasteiger partial charge in [0.1, 0.15) is 0 Å². The molecule has 0 aliphatic carbocycles. The molecule has 0 atom stereocenters. The van der Waals surface area contributed by atoms with E-state index in [1.165, 1.54) is 44.1 Å². The molecule has 4 heterocycles. The number of pyridine rings is 2. The molecule has 333 valence electrons. The number of aryl methyl sites for hydroxylation is 5. The van der Waals surface area contributed by atoms with Crippen molar-refractivity contribution in [1.29, 1.82) is 0 Å². The smallest absolute Gasteiger partial charge is 0.216 e. The van der Waals surface area contributed by atoms with Gasteiger partial charge in [-0.3, -0.25) is 4.98 Å². The van der Waals surface area contributed by atoms with E-state index in [9.17, 15) is 0 Å². The van der Waals surface area contributed by atoms with Gasteiger partial charge in [0.2, 0.25) is 5.71 Å². The second-order valence-electron chi connectivity index (χ2n) is 18.9. The normalized spacial score (nSPS) is 11.6. The van der Waals surface area contributed by atoms with Gasteiger partial charge in [0.15, 0.2) is 0 Å². The van der Waals surface area contributed by atoms with E-state index in [2.05, 4.69) is 199 Å². The summed E-state index contributed by atoms with van der Waals surface area (Å²) in [5, 5.41) is 3.53. The molecule has 6 aromatic carbocycles. The Labute approximate surface area is 404 Å². The molecule has 5 nitrogen and oxygen atoms in total. The molecule has 0 aliphatic heterocycles. The molecule has 0 saturated heterocycles. The first kappa shape index (κ1) is 46.3. The van der Waals surface area contributed by atoms with Crippen LogP contribution in [0.25, 0.3) is 83.8 Å². The number of nitrogens with zero attached hydrogens (tertiary/aromatic N) is 4. The molecular formula is C59H56IrN4OSi-2. The maximum absolute atomic E-state index is 6.69. The van der Waals surface area contributed by atoms with Gasteiger partial charge in [-0.15, -0.1) is 53.6 Å². The van der Waals surface area contributed by atoms with Gasteiger partial charge in [-0.25, -0.2) is 4.98 Å². The van der Waals surface area contributed by atoms with Crippen molar-refractivity contribution in [2.24, 2.45) is 5.92 Å². The SMILES string of the molecule is CC(C)Cc1cc(-c2[c-]cccc2)ncc1[Si](C)(C)C.Cc1cccc(C)c1-c1ccc2c(n1)oc1c(-c3nc4ccccc4n3-c3c(C)cc(-c4ccccc4)cc3C)[c-]cc(C)c12.[Ir]. The van der Waals surface area contributed by atoms with Crippen molar-refractivity contribution in [1.82, 2.24) is 19.5 Å². The number of fused-ring (bicyclic) bond motifs is 4. The first-order valence-corrected chi connectivity index (χ1v) is 26.2. The summed E-state index contributed by atoms with van der Waals surface area (Å²) in [7, 11) is -1.34. The Morgan fingerprint density at radius 1 is 0.667 bits per heavy atom. The molecule has 4 aromatic heterocycles. The van der Waals surface area contributed by atoms with Crippen molar-refractivity contribution in [2.75, 3.05) is 0 Å². The van der Waals surface area contributed by atoms with E-state index in [4.69, 9.17) is 14.4 Å². The number of benzene rings is 6. The molecular weight excluding hydrogens is 1000 g/mol. The van der Waals surface area contributed by atoms with Gasteiger partial charge in [0.05, 0.1) is 36.2 Å². The number of aromatic nitrogens is 4. The first-order valence-electron chi connectivity index (χ1n) is 22.7. The van der Waals surface area contributed by atoms with Gasteiger partial charge in [0.25, 0.3) is 0 Å². The van der Waals surface area contributed by atoms with Gasteiger partial charge in [-0.05, 0) is 121 Å². The molecule has 0 bridgehead atoms. The van der Waals surface area contributed by atoms with Crippen LogP contribution in [-0.2, 0) is 26.5 Å². The van der Waals surface area contributed by atoms with Crippen LogP contribution in [0.5, 0.6) is 0 Å². The van der Waals surface area contributed by atoms with Crippen molar-refractivity contribution >= 4 is 46.4 Å². The molecule has 0 aliphatic rings. The Balaban J connectivity index is 0.000000238. The van der Waals surface area contributed by atoms with Crippen LogP contribution >= 0.6 is 0 Å². The largest absolute Gasteiger partial charge is 0.486 e. The standard InChI is InChI=1S/C41H32N3O.C18H24NSi.Ir/c1-24-12-11-13-25(2)36(24)34-21-20-31-37-26(3)18-19-32(39(37)45-41(31)43-34)40-42-33-16-9-10-17-35(33)44(40)38-27(4)22-30(23-28(38)5)29-14-7-6-8-15-29;1-14(2)11-16-12-17(15-9-7-6-8-10-15)19-13-18(16)20(3,4)5;/h6-18,20-23H,1-5H3;6-9,12-14H,11H2,1-5H3;/q2*-1;. The van der Waals surface area contributed by atoms with Crippen molar-refractivity contribution < 1.29 is 24.5 Å². The monoisotopic (exact) mass is 1060 g/mol. The van der Waals surface area contributed by atoms with E-state index in [0.717, 1.165) is 79.0 Å². The summed E-state index contributed by atoms with van der Waals surface area (Å²) in [4.78, 5) is 15.0. The van der Waals surface area contributed by atoms with E-state index in [-0.39, 0.29) is 20.1 Å². The Bertz CT molecular complexity index is 3320. The third-order valence-corrected chi connectivity index (χ3v) is 14.4. The van der Waals surface area contributed by atoms with Crippen molar-refractivity contribution in [3.05, 3.63) is 185 Å². The van der Waals surface area contributed by atoms with Crippen LogP contribution in [-0.4, -0.2) is 27.6 Å². The van der Waals surface area contributed by atoms with Gasteiger partial charge in [-0.2, -0.15) is 0 Å². The Kier molecular flexibility index (Phi) is 13.3. The van der Waals surface area contributed by atoms with Crippen LogP contribution in [0.15, 0.2) is 144 Å². The summed E-state index contributed by atoms with van der Waals surface area (Å²) in [5.41, 5.74) is 19.2. The second kappa shape index (κ2) is 18.9. The predicted molar refractivity (Wildman–Crippen MR) is 275 cm³/mol. The van der Waals surface area contributed by atoms with Crippen LogP contribution in [0.1, 0.15) is 47.2 Å². The van der Waals surface area contributed by atoms with Gasteiger partial charge in [-0.1, -0.05) is 124 Å². The van der Waals surface area contributed by atoms with Crippen molar-refractivity contribution in [3.63, 3.8) is 0 Å². The number of hydrogen-bond acceptors (Lipinski definition) is 4. The molecule has 0 amide bonds. The second-order valence-corrected chi connectivity index (χ2v) is 23.9. The third kappa shape index (κ3) is 9.00. The maximum Gasteiger partial charge on any atom is 0.216 e. The Morgan fingerprint density at radius 2 is 1.36 bits per heavy atom. The van der Waals surface area contributed by atoms with Gasteiger partial charge in [0, 0.05) is 42.9 Å². The minimum Gasteiger partial charge on any atom is -0.486 e. The maximum atomic E-state index is 6.69. The quantitative estimate of drug-likeness (QED) is 0.112. The Morgan fingerprint density at radius 3 is 2.05 bits per heavy atom. The summed E-state index contributed by atoms with van der Waals surface area (Å²) in [5.74, 6) is 1.47. The number of imidazole rings is 1. The fourth-order valence-electron chi connectivity index (χ4n) is 9.39. The molecule has 7 heteroatoms. The molecule has 66 heavy (non-hydrogen) atoms. The van der Waals surface area contributed by atoms with Crippen molar-refractivity contribution in [2.45, 2.75) is 74.5 Å². The van der Waals surface area contributed by atoms with E-state index in [1.807, 2.05) is 30.3 Å². The zero-order valence-corrected chi connectivity index (χ0v) is 43.0. The number of rotatable bonds is 8. The molecule has 10 rings (SSSR count). The zero-order valence-electron chi connectivity index (χ0n) is 39.6. The van der Waals surface area contributed by atoms with Gasteiger partial charge >= 0.3 is 0 Å². The van der Waals surface area contributed by atoms with Gasteiger partial charge < -0.3 is 14.0 Å². The molecule has 0 saturated carbocycles.